The fourth-order valence-electron chi connectivity index (χ4n) is 0.186. The summed E-state index contributed by atoms with van der Waals surface area (Å²) in [5.74, 6) is -1.17. The smallest absolute Gasteiger partial charge is 0.328 e. The number of hydrogen-bond acceptors (Lipinski definition) is 3. The summed E-state index contributed by atoms with van der Waals surface area (Å²) in [5, 5.41) is 8.66. The molecule has 0 aliphatic carbocycles. The van der Waals surface area contributed by atoms with Crippen molar-refractivity contribution in [1.29, 1.82) is 0 Å². The molecule has 0 rings (SSSR count). The largest absolute Gasteiger partial charge is 0.478 e. The summed E-state index contributed by atoms with van der Waals surface area (Å²) in [6.07, 6.45) is 1.67. The van der Waals surface area contributed by atoms with E-state index in [1.807, 2.05) is 0 Å². The van der Waals surface area contributed by atoms with E-state index < -0.39 is 16.3 Å². The molecule has 0 aliphatic heterocycles. The van der Waals surface area contributed by atoms with Crippen molar-refractivity contribution in [3.05, 3.63) is 12.2 Å². The van der Waals surface area contributed by atoms with Gasteiger partial charge in [0.25, 0.3) is 0 Å². The van der Waals surface area contributed by atoms with E-state index in [1.54, 1.807) is 0 Å². The zero-order valence-electron chi connectivity index (χ0n) is 4.31. The Balaban J connectivity index is 4.05. The van der Waals surface area contributed by atoms with E-state index in [-0.39, 0.29) is 0 Å². The molecule has 0 saturated carbocycles. The second-order valence-corrected chi connectivity index (χ2v) is 1.89. The van der Waals surface area contributed by atoms with E-state index in [2.05, 4.69) is 0 Å². The molecule has 0 heterocycles. The van der Waals surface area contributed by atoms with Crippen molar-refractivity contribution in [3.63, 3.8) is 0 Å². The van der Waals surface area contributed by atoms with Crippen molar-refractivity contribution in [2.24, 2.45) is 0 Å². The van der Waals surface area contributed by atoms with Crippen LogP contribution in [0, 0.1) is 0 Å². The molecule has 0 atom stereocenters. The van der Waals surface area contributed by atoms with Crippen LogP contribution >= 0.6 is 0 Å². The predicted octanol–water partition coefficient (Wildman–Crippen LogP) is -0.691. The van der Waals surface area contributed by atoms with Crippen LogP contribution < -0.4 is 0 Å². The third-order valence-electron chi connectivity index (χ3n) is 0.428. The van der Waals surface area contributed by atoms with E-state index >= 15 is 0 Å². The highest BCUT2D eigenvalue weighted by molar-refractivity contribution is 7.71. The Hall–Kier alpha value is -1.10. The molecule has 0 saturated heterocycles. The second kappa shape index (κ2) is 3.85. The molecule has 5 heteroatoms. The SMILES string of the molecule is O=C(O)C=CC=S(=O)=O. The summed E-state index contributed by atoms with van der Waals surface area (Å²) in [6, 6.07) is 0. The van der Waals surface area contributed by atoms with Crippen LogP contribution in [0.15, 0.2) is 12.2 Å². The van der Waals surface area contributed by atoms with Gasteiger partial charge in [-0.15, -0.1) is 0 Å². The molecule has 0 unspecified atom stereocenters. The van der Waals surface area contributed by atoms with Gasteiger partial charge in [0.05, 0.1) is 5.37 Å². The quantitative estimate of drug-likeness (QED) is 0.415. The maximum atomic E-state index is 9.68. The zero-order valence-corrected chi connectivity index (χ0v) is 5.13. The number of carbonyl (C=O) groups is 1. The summed E-state index contributed by atoms with van der Waals surface area (Å²) in [5.41, 5.74) is 0. The van der Waals surface area contributed by atoms with Crippen molar-refractivity contribution >= 4 is 21.6 Å². The Morgan fingerprint density at radius 1 is 1.44 bits per heavy atom. The molecular formula is C4H4O4S. The fraction of sp³-hybridized carbons (Fsp3) is 0. The minimum absolute atomic E-state index is 0.732. The second-order valence-electron chi connectivity index (χ2n) is 1.09. The molecule has 0 aromatic heterocycles. The molecule has 0 amide bonds. The first-order valence-electron chi connectivity index (χ1n) is 1.95. The third kappa shape index (κ3) is 6.90. The topological polar surface area (TPSA) is 71.4 Å². The predicted molar refractivity (Wildman–Crippen MR) is 31.8 cm³/mol. The van der Waals surface area contributed by atoms with E-state index in [0.717, 1.165) is 17.5 Å². The van der Waals surface area contributed by atoms with Gasteiger partial charge in [-0.05, 0) is 6.08 Å². The molecule has 0 spiro atoms. The molecule has 0 aliphatic rings. The lowest BCUT2D eigenvalue weighted by molar-refractivity contribution is -0.131. The van der Waals surface area contributed by atoms with Gasteiger partial charge in [0.2, 0.25) is 10.3 Å². The minimum Gasteiger partial charge on any atom is -0.478 e. The lowest BCUT2D eigenvalue weighted by Crippen LogP contribution is -1.85. The average molecular weight is 148 g/mol. The molecule has 4 nitrogen and oxygen atoms in total. The summed E-state index contributed by atoms with van der Waals surface area (Å²) in [6.45, 7) is 0. The van der Waals surface area contributed by atoms with Crippen LogP contribution in [0.2, 0.25) is 0 Å². The van der Waals surface area contributed by atoms with Crippen molar-refractivity contribution in [2.75, 3.05) is 0 Å². The normalized spacial score (nSPS) is 9.33. The minimum atomic E-state index is -2.31. The summed E-state index contributed by atoms with van der Waals surface area (Å²) >= 11 is 0. The molecule has 0 fully saturated rings. The summed E-state index contributed by atoms with van der Waals surface area (Å²) in [4.78, 5) is 9.67. The first kappa shape index (κ1) is 7.90. The fourth-order valence-corrected chi connectivity index (χ4v) is 0.393. The molecule has 0 radical (unpaired) electrons. The van der Waals surface area contributed by atoms with Crippen LogP contribution in [-0.2, 0) is 15.1 Å². The molecule has 1 N–H and O–H groups in total. The van der Waals surface area contributed by atoms with Gasteiger partial charge in [0, 0.05) is 6.08 Å². The number of carboxylic acids is 1. The maximum absolute atomic E-state index is 9.68. The van der Waals surface area contributed by atoms with E-state index in [9.17, 15) is 13.2 Å². The van der Waals surface area contributed by atoms with Gasteiger partial charge < -0.3 is 5.11 Å². The third-order valence-corrected chi connectivity index (χ3v) is 0.808. The van der Waals surface area contributed by atoms with Gasteiger partial charge in [0.1, 0.15) is 0 Å². The Kier molecular flexibility index (Phi) is 3.38. The zero-order chi connectivity index (χ0) is 7.28. The lowest BCUT2D eigenvalue weighted by Gasteiger charge is -1.69. The first-order valence-corrected chi connectivity index (χ1v) is 3.09. The molecule has 0 aromatic carbocycles. The monoisotopic (exact) mass is 148 g/mol. The standard InChI is InChI=1S/C4H4O4S/c5-4(6)2-1-3-9(7)8/h1-3H,(H,5,6). The number of hydrogen-bond donors (Lipinski definition) is 1. The molecular weight excluding hydrogens is 144 g/mol. The van der Waals surface area contributed by atoms with E-state index in [1.165, 1.54) is 0 Å². The first-order chi connectivity index (χ1) is 4.13. The van der Waals surface area contributed by atoms with Gasteiger partial charge >= 0.3 is 5.97 Å². The lowest BCUT2D eigenvalue weighted by atomic mass is 10.5. The Bertz CT molecular complexity index is 238. The van der Waals surface area contributed by atoms with Gasteiger partial charge in [-0.1, -0.05) is 0 Å². The Morgan fingerprint density at radius 2 is 2.00 bits per heavy atom. The molecule has 0 bridgehead atoms. The van der Waals surface area contributed by atoms with Crippen LogP contribution in [0.4, 0.5) is 0 Å². The highest BCUT2D eigenvalue weighted by Crippen LogP contribution is 1.65. The van der Waals surface area contributed by atoms with E-state index in [4.69, 9.17) is 5.11 Å². The molecule has 0 aromatic rings. The van der Waals surface area contributed by atoms with E-state index in [0.29, 0.717) is 0 Å². The number of aliphatic carboxylic acids is 1. The Morgan fingerprint density at radius 3 is 2.33 bits per heavy atom. The van der Waals surface area contributed by atoms with Crippen LogP contribution in [0.25, 0.3) is 0 Å². The van der Waals surface area contributed by atoms with Crippen molar-refractivity contribution in [1.82, 2.24) is 0 Å². The van der Waals surface area contributed by atoms with Crippen LogP contribution in [0.5, 0.6) is 0 Å². The highest BCUT2D eigenvalue weighted by Gasteiger charge is 1.79. The van der Waals surface area contributed by atoms with Gasteiger partial charge in [-0.3, -0.25) is 0 Å². The van der Waals surface area contributed by atoms with Crippen molar-refractivity contribution in [2.45, 2.75) is 0 Å². The Labute approximate surface area is 53.0 Å². The highest BCUT2D eigenvalue weighted by atomic mass is 32.2. The number of rotatable bonds is 2. The summed E-state index contributed by atoms with van der Waals surface area (Å²) in [7, 11) is -2.31. The molecule has 50 valence electrons. The number of allylic oxidation sites excluding steroid dienone is 1. The van der Waals surface area contributed by atoms with Crippen LogP contribution in [0.3, 0.4) is 0 Å². The van der Waals surface area contributed by atoms with Crippen molar-refractivity contribution < 1.29 is 18.3 Å². The average Bonchev–Trinajstić information content (AvgIpc) is 1.63. The number of carboxylic acid groups (broad SMARTS) is 1. The molecule has 9 heavy (non-hydrogen) atoms. The van der Waals surface area contributed by atoms with Crippen molar-refractivity contribution in [3.8, 4) is 0 Å². The maximum Gasteiger partial charge on any atom is 0.328 e. The van der Waals surface area contributed by atoms with Gasteiger partial charge in [-0.2, -0.15) is 8.42 Å². The summed E-state index contributed by atoms with van der Waals surface area (Å²) < 4.78 is 19.4. The van der Waals surface area contributed by atoms with Gasteiger partial charge in [0.15, 0.2) is 0 Å². The van der Waals surface area contributed by atoms with Gasteiger partial charge in [-0.25, -0.2) is 4.79 Å². The van der Waals surface area contributed by atoms with Crippen LogP contribution in [-0.4, -0.2) is 24.9 Å². The van der Waals surface area contributed by atoms with Crippen LogP contribution in [0.1, 0.15) is 0 Å².